The van der Waals surface area contributed by atoms with Gasteiger partial charge in [-0.3, -0.25) is 14.5 Å². The Balaban J connectivity index is 1.54. The molecule has 6 heteroatoms. The molecule has 0 spiro atoms. The van der Waals surface area contributed by atoms with E-state index in [-0.39, 0.29) is 18.0 Å². The molecule has 134 valence electrons. The molecule has 1 aliphatic rings. The number of hydrogen-bond acceptors (Lipinski definition) is 4. The highest BCUT2D eigenvalue weighted by molar-refractivity contribution is 5.80. The van der Waals surface area contributed by atoms with Gasteiger partial charge in [-0.15, -0.1) is 0 Å². The van der Waals surface area contributed by atoms with E-state index in [1.54, 1.807) is 6.20 Å². The first kappa shape index (κ1) is 16.7. The summed E-state index contributed by atoms with van der Waals surface area (Å²) in [7, 11) is 3.78. The first-order valence-electron chi connectivity index (χ1n) is 8.86. The minimum atomic E-state index is -0.000211. The quantitative estimate of drug-likeness (QED) is 0.785. The first-order valence-corrected chi connectivity index (χ1v) is 8.86. The largest absolute Gasteiger partial charge is 0.336 e. The highest BCUT2D eigenvalue weighted by Crippen LogP contribution is 2.31. The monoisotopic (exact) mass is 349 g/mol. The van der Waals surface area contributed by atoms with Crippen molar-refractivity contribution in [1.82, 2.24) is 25.0 Å². The maximum Gasteiger partial charge on any atom is 0.224 e. The molecule has 2 aromatic heterocycles. The van der Waals surface area contributed by atoms with Crippen LogP contribution in [0.25, 0.3) is 10.9 Å². The van der Waals surface area contributed by atoms with Crippen LogP contribution >= 0.6 is 0 Å². The first-order chi connectivity index (χ1) is 12.5. The molecular formula is C20H23N5O. The highest BCUT2D eigenvalue weighted by Gasteiger charge is 2.39. The van der Waals surface area contributed by atoms with Crippen LogP contribution in [0.15, 0.2) is 42.6 Å². The van der Waals surface area contributed by atoms with Crippen LogP contribution in [0.5, 0.6) is 0 Å². The van der Waals surface area contributed by atoms with Gasteiger partial charge in [0.05, 0.1) is 17.3 Å². The molecule has 4 rings (SSSR count). The van der Waals surface area contributed by atoms with Crippen LogP contribution in [-0.4, -0.2) is 38.7 Å². The second kappa shape index (κ2) is 6.53. The van der Waals surface area contributed by atoms with Crippen molar-refractivity contribution in [2.45, 2.75) is 32.0 Å². The number of carbonyl (C=O) groups is 1. The average Bonchev–Trinajstić information content (AvgIpc) is 3.16. The van der Waals surface area contributed by atoms with Gasteiger partial charge >= 0.3 is 0 Å². The van der Waals surface area contributed by atoms with Crippen molar-refractivity contribution in [2.24, 2.45) is 7.05 Å². The number of benzene rings is 1. The molecule has 1 saturated heterocycles. The Morgan fingerprint density at radius 2 is 2.04 bits per heavy atom. The number of pyridine rings is 1. The van der Waals surface area contributed by atoms with E-state index in [4.69, 9.17) is 0 Å². The second-order valence-electron chi connectivity index (χ2n) is 7.00. The second-order valence-corrected chi connectivity index (χ2v) is 7.00. The minimum Gasteiger partial charge on any atom is -0.336 e. The molecule has 2 atom stereocenters. The molecule has 26 heavy (non-hydrogen) atoms. The Kier molecular flexibility index (Phi) is 4.20. The minimum absolute atomic E-state index is 0.000211. The fourth-order valence-corrected chi connectivity index (χ4v) is 3.77. The van der Waals surface area contributed by atoms with Gasteiger partial charge in [0.1, 0.15) is 0 Å². The van der Waals surface area contributed by atoms with Crippen molar-refractivity contribution in [1.29, 1.82) is 0 Å². The van der Waals surface area contributed by atoms with Gasteiger partial charge in [-0.2, -0.15) is 5.10 Å². The molecule has 3 aromatic rings. The normalized spacial score (nSPS) is 20.3. The molecule has 6 nitrogen and oxygen atoms in total. The molecule has 0 unspecified atom stereocenters. The summed E-state index contributed by atoms with van der Waals surface area (Å²) in [6.07, 6.45) is 2.28. The number of aromatic nitrogens is 3. The fourth-order valence-electron chi connectivity index (χ4n) is 3.77. The van der Waals surface area contributed by atoms with E-state index < -0.39 is 0 Å². The number of fused-ring (bicyclic) bond motifs is 1. The van der Waals surface area contributed by atoms with Gasteiger partial charge < -0.3 is 10.2 Å². The van der Waals surface area contributed by atoms with Gasteiger partial charge in [0.2, 0.25) is 5.91 Å². The standard InChI is InChI=1S/C20H23N5O/c1-13-4-6-15-10-14(5-7-16(15)23-13)12-21-17-11-19(26)24(2)20(17)18-8-9-22-25(18)3/h4-10,17,20-21H,11-12H2,1-3H3/t17-,20-/m1/s1. The van der Waals surface area contributed by atoms with E-state index in [1.807, 2.05) is 42.7 Å². The van der Waals surface area contributed by atoms with Crippen molar-refractivity contribution in [3.8, 4) is 0 Å². The van der Waals surface area contributed by atoms with Gasteiger partial charge in [0.25, 0.3) is 0 Å². The number of likely N-dealkylation sites (tertiary alicyclic amines) is 1. The summed E-state index contributed by atoms with van der Waals surface area (Å²) in [5.41, 5.74) is 4.27. The molecule has 1 aliphatic heterocycles. The predicted molar refractivity (Wildman–Crippen MR) is 100 cm³/mol. The van der Waals surface area contributed by atoms with Crippen LogP contribution in [0.1, 0.15) is 29.4 Å². The summed E-state index contributed by atoms with van der Waals surface area (Å²) < 4.78 is 1.85. The Labute approximate surface area is 152 Å². The Bertz CT molecular complexity index is 964. The number of aryl methyl sites for hydroxylation is 2. The Morgan fingerprint density at radius 1 is 1.19 bits per heavy atom. The molecule has 0 aliphatic carbocycles. The van der Waals surface area contributed by atoms with Crippen molar-refractivity contribution in [3.63, 3.8) is 0 Å². The Hall–Kier alpha value is -2.73. The molecule has 0 saturated carbocycles. The highest BCUT2D eigenvalue weighted by atomic mass is 16.2. The number of likely N-dealkylation sites (N-methyl/N-ethyl adjacent to an activating group) is 1. The zero-order chi connectivity index (χ0) is 18.3. The van der Waals surface area contributed by atoms with Gasteiger partial charge in [-0.25, -0.2) is 0 Å². The van der Waals surface area contributed by atoms with E-state index >= 15 is 0 Å². The average molecular weight is 349 g/mol. The molecule has 1 N–H and O–H groups in total. The van der Waals surface area contributed by atoms with Crippen molar-refractivity contribution >= 4 is 16.8 Å². The van der Waals surface area contributed by atoms with Crippen LogP contribution < -0.4 is 5.32 Å². The third-order valence-electron chi connectivity index (χ3n) is 5.21. The summed E-state index contributed by atoms with van der Waals surface area (Å²) in [5.74, 6) is 0.159. The smallest absolute Gasteiger partial charge is 0.224 e. The van der Waals surface area contributed by atoms with Crippen LogP contribution in [0.3, 0.4) is 0 Å². The molecule has 0 bridgehead atoms. The third kappa shape index (κ3) is 2.97. The molecule has 3 heterocycles. The number of carbonyl (C=O) groups excluding carboxylic acids is 1. The van der Waals surface area contributed by atoms with E-state index in [9.17, 15) is 4.79 Å². The van der Waals surface area contributed by atoms with E-state index in [0.29, 0.717) is 13.0 Å². The van der Waals surface area contributed by atoms with Gasteiger partial charge in [-0.1, -0.05) is 12.1 Å². The molecular weight excluding hydrogens is 326 g/mol. The maximum atomic E-state index is 12.3. The zero-order valence-electron chi connectivity index (χ0n) is 15.3. The van der Waals surface area contributed by atoms with Crippen LogP contribution in [0.2, 0.25) is 0 Å². The SMILES string of the molecule is Cc1ccc2cc(CN[C@@H]3CC(=O)N(C)[C@H]3c3ccnn3C)ccc2n1. The summed E-state index contributed by atoms with van der Waals surface area (Å²) >= 11 is 0. The molecule has 0 radical (unpaired) electrons. The van der Waals surface area contributed by atoms with Gasteiger partial charge in [0, 0.05) is 50.4 Å². The predicted octanol–water partition coefficient (Wildman–Crippen LogP) is 2.34. The van der Waals surface area contributed by atoms with Gasteiger partial charge in [-0.05, 0) is 36.8 Å². The van der Waals surface area contributed by atoms with E-state index in [2.05, 4.69) is 39.7 Å². The number of nitrogens with one attached hydrogen (secondary N) is 1. The van der Waals surface area contributed by atoms with E-state index in [1.165, 1.54) is 5.56 Å². The maximum absolute atomic E-state index is 12.3. The zero-order valence-corrected chi connectivity index (χ0v) is 15.3. The molecule has 1 fully saturated rings. The lowest BCUT2D eigenvalue weighted by molar-refractivity contribution is -0.127. The molecule has 1 amide bonds. The van der Waals surface area contributed by atoms with Gasteiger partial charge in [0.15, 0.2) is 0 Å². The Morgan fingerprint density at radius 3 is 2.81 bits per heavy atom. The topological polar surface area (TPSA) is 63.1 Å². The number of hydrogen-bond donors (Lipinski definition) is 1. The summed E-state index contributed by atoms with van der Waals surface area (Å²) in [6, 6.07) is 12.5. The summed E-state index contributed by atoms with van der Waals surface area (Å²) in [5, 5.41) is 8.97. The lowest BCUT2D eigenvalue weighted by Gasteiger charge is -2.25. The lowest BCUT2D eigenvalue weighted by atomic mass is 10.0. The number of rotatable bonds is 4. The summed E-state index contributed by atoms with van der Waals surface area (Å²) in [4.78, 5) is 18.6. The molecule has 1 aromatic carbocycles. The fraction of sp³-hybridized carbons (Fsp3) is 0.350. The van der Waals surface area contributed by atoms with Crippen molar-refractivity contribution < 1.29 is 4.79 Å². The third-order valence-corrected chi connectivity index (χ3v) is 5.21. The number of amides is 1. The van der Waals surface area contributed by atoms with Crippen LogP contribution in [-0.2, 0) is 18.4 Å². The van der Waals surface area contributed by atoms with Crippen molar-refractivity contribution in [3.05, 3.63) is 59.5 Å². The van der Waals surface area contributed by atoms with Crippen molar-refractivity contribution in [2.75, 3.05) is 7.05 Å². The number of nitrogens with zero attached hydrogens (tertiary/aromatic N) is 4. The van der Waals surface area contributed by atoms with Crippen LogP contribution in [0.4, 0.5) is 0 Å². The lowest BCUT2D eigenvalue weighted by Crippen LogP contribution is -2.35. The summed E-state index contributed by atoms with van der Waals surface area (Å²) in [6.45, 7) is 2.71. The van der Waals surface area contributed by atoms with Crippen LogP contribution in [0, 0.1) is 6.92 Å². The van der Waals surface area contributed by atoms with E-state index in [0.717, 1.165) is 22.3 Å².